The summed E-state index contributed by atoms with van der Waals surface area (Å²) in [6.07, 6.45) is 0. The molecule has 0 saturated carbocycles. The van der Waals surface area contributed by atoms with E-state index in [4.69, 9.17) is 9.47 Å². The van der Waals surface area contributed by atoms with Gasteiger partial charge in [-0.3, -0.25) is 0 Å². The zero-order valence-electron chi connectivity index (χ0n) is 9.69. The predicted octanol–water partition coefficient (Wildman–Crippen LogP) is 3.99. The van der Waals surface area contributed by atoms with Crippen molar-refractivity contribution in [3.05, 3.63) is 12.1 Å². The summed E-state index contributed by atoms with van der Waals surface area (Å²) in [6, 6.07) is 3.94. The predicted molar refractivity (Wildman–Crippen MR) is 73.3 cm³/mol. The molecule has 92 valence electrons. The maximum atomic E-state index is 11.0. The van der Waals surface area contributed by atoms with Gasteiger partial charge in [0.25, 0.3) is 4.32 Å². The fraction of sp³-hybridized carbons (Fsp3) is 0.455. The number of fused-ring (bicyclic) bond motifs is 1. The summed E-state index contributed by atoms with van der Waals surface area (Å²) in [5.74, 6) is 1.57. The summed E-state index contributed by atoms with van der Waals surface area (Å²) in [6.45, 7) is 5.12. The van der Waals surface area contributed by atoms with Crippen LogP contribution in [0.5, 0.6) is 11.5 Å². The lowest BCUT2D eigenvalue weighted by molar-refractivity contribution is 0.281. The van der Waals surface area contributed by atoms with Gasteiger partial charge in [-0.15, -0.1) is 0 Å². The molecule has 1 heterocycles. The van der Waals surface area contributed by atoms with Gasteiger partial charge in [-0.25, -0.2) is 0 Å². The molecule has 0 aromatic heterocycles. The lowest BCUT2D eigenvalue weighted by atomic mass is 10.3. The Kier molecular flexibility index (Phi) is 4.60. The fourth-order valence-electron chi connectivity index (χ4n) is 1.58. The molecule has 6 heteroatoms. The van der Waals surface area contributed by atoms with Crippen molar-refractivity contribution in [2.45, 2.75) is 28.0 Å². The zero-order valence-corrected chi connectivity index (χ0v) is 12.3. The minimum absolute atomic E-state index is 0.0843. The summed E-state index contributed by atoms with van der Waals surface area (Å²) in [4.78, 5) is 2.20. The number of hydrogen-bond donors (Lipinski definition) is 0. The highest BCUT2D eigenvalue weighted by molar-refractivity contribution is 8.24. The number of ether oxygens (including phenoxy) is 2. The first-order chi connectivity index (χ1) is 8.30. The average Bonchev–Trinajstić information content (AvgIpc) is 2.76. The second-order valence-electron chi connectivity index (χ2n) is 3.27. The Morgan fingerprint density at radius 2 is 2.00 bits per heavy atom. The van der Waals surface area contributed by atoms with Gasteiger partial charge in [0.05, 0.1) is 18.1 Å². The third-order valence-electron chi connectivity index (χ3n) is 2.18. The highest BCUT2D eigenvalue weighted by atomic mass is 32.2. The van der Waals surface area contributed by atoms with Gasteiger partial charge in [-0.2, -0.15) is 0 Å². The van der Waals surface area contributed by atoms with Crippen LogP contribution >= 0.6 is 32.0 Å². The number of hydrogen-bond acceptors (Lipinski definition) is 5. The van der Waals surface area contributed by atoms with Crippen molar-refractivity contribution in [3.63, 3.8) is 0 Å². The number of benzene rings is 1. The van der Waals surface area contributed by atoms with Crippen molar-refractivity contribution in [1.29, 1.82) is 0 Å². The fourth-order valence-corrected chi connectivity index (χ4v) is 5.02. The molecule has 0 spiro atoms. The van der Waals surface area contributed by atoms with Gasteiger partial charge in [0.2, 0.25) is 0 Å². The van der Waals surface area contributed by atoms with E-state index in [2.05, 4.69) is 0 Å². The lowest BCUT2D eigenvalue weighted by Crippen LogP contribution is -1.99. The minimum Gasteiger partial charge on any atom is -0.490 e. The molecule has 0 fully saturated rings. The molecule has 1 aliphatic heterocycles. The van der Waals surface area contributed by atoms with Crippen LogP contribution in [0.2, 0.25) is 0 Å². The van der Waals surface area contributed by atoms with Gasteiger partial charge in [0.15, 0.2) is 11.5 Å². The number of thioether (sulfide) groups is 2. The molecular weight excluding hydrogens is 275 g/mol. The van der Waals surface area contributed by atoms with Crippen molar-refractivity contribution in [2.75, 3.05) is 13.2 Å². The summed E-state index contributed by atoms with van der Waals surface area (Å²) >= 11 is 3.23. The standard InChI is InChI=1S/C11H13O3PS2/c1-3-13-7-5-6-8-10(9(7)14-4-2)17-11(15-12)16-8/h5-6,11H,3-4H2,1-2H3/p+1. The Hall–Kier alpha value is -0.380. The second kappa shape index (κ2) is 5.98. The van der Waals surface area contributed by atoms with E-state index in [1.807, 2.05) is 26.0 Å². The van der Waals surface area contributed by atoms with Crippen LogP contribution in [0, 0.1) is 0 Å². The van der Waals surface area contributed by atoms with Crippen LogP contribution in [0.3, 0.4) is 0 Å². The molecule has 0 saturated heterocycles. The molecule has 2 unspecified atom stereocenters. The molecule has 0 amide bonds. The van der Waals surface area contributed by atoms with Crippen molar-refractivity contribution >= 4 is 32.0 Å². The SMILES string of the molecule is CCOc1ccc2c(c1OCC)SC([PH+]=O)S2. The van der Waals surface area contributed by atoms with Gasteiger partial charge in [0.1, 0.15) is 0 Å². The molecule has 1 aliphatic rings. The molecule has 2 rings (SSSR count). The van der Waals surface area contributed by atoms with E-state index in [1.54, 1.807) is 23.5 Å². The van der Waals surface area contributed by atoms with Crippen molar-refractivity contribution in [2.24, 2.45) is 0 Å². The van der Waals surface area contributed by atoms with Gasteiger partial charge in [-0.05, 0) is 26.0 Å². The molecule has 3 nitrogen and oxygen atoms in total. The maximum Gasteiger partial charge on any atom is 0.350 e. The monoisotopic (exact) mass is 289 g/mol. The summed E-state index contributed by atoms with van der Waals surface area (Å²) in [7, 11) is -0.317. The second-order valence-corrected chi connectivity index (χ2v) is 7.48. The Morgan fingerprint density at radius 1 is 1.24 bits per heavy atom. The van der Waals surface area contributed by atoms with Crippen LogP contribution < -0.4 is 9.47 Å². The van der Waals surface area contributed by atoms with E-state index in [-0.39, 0.29) is 12.8 Å². The molecule has 0 radical (unpaired) electrons. The zero-order chi connectivity index (χ0) is 12.3. The van der Waals surface area contributed by atoms with Crippen molar-refractivity contribution in [1.82, 2.24) is 0 Å². The molecule has 0 bridgehead atoms. The van der Waals surface area contributed by atoms with Gasteiger partial charge in [-0.1, -0.05) is 28.1 Å². The molecule has 1 aromatic carbocycles. The average molecular weight is 289 g/mol. The van der Waals surface area contributed by atoms with Crippen LogP contribution in [0.1, 0.15) is 13.8 Å². The summed E-state index contributed by atoms with van der Waals surface area (Å²) < 4.78 is 22.3. The smallest absolute Gasteiger partial charge is 0.350 e. The first-order valence-corrected chi connectivity index (χ1v) is 8.18. The summed E-state index contributed by atoms with van der Waals surface area (Å²) in [5, 5.41) is 0. The van der Waals surface area contributed by atoms with Crippen molar-refractivity contribution in [3.8, 4) is 11.5 Å². The van der Waals surface area contributed by atoms with Crippen LogP contribution in [0.15, 0.2) is 21.9 Å². The van der Waals surface area contributed by atoms with Crippen LogP contribution in [-0.2, 0) is 4.57 Å². The normalized spacial score (nSPS) is 18.1. The van der Waals surface area contributed by atoms with E-state index < -0.39 is 0 Å². The molecule has 0 aliphatic carbocycles. The lowest BCUT2D eigenvalue weighted by Gasteiger charge is -2.13. The van der Waals surface area contributed by atoms with Gasteiger partial charge < -0.3 is 9.47 Å². The molecule has 17 heavy (non-hydrogen) atoms. The van der Waals surface area contributed by atoms with Crippen LogP contribution in [0.4, 0.5) is 0 Å². The maximum absolute atomic E-state index is 11.0. The van der Waals surface area contributed by atoms with Crippen LogP contribution in [-0.4, -0.2) is 17.5 Å². The molecular formula is C11H14O3PS2+. The summed E-state index contributed by atoms with van der Waals surface area (Å²) in [5.41, 5.74) is 0. The highest BCUT2D eigenvalue weighted by Gasteiger charge is 2.33. The molecule has 2 atom stereocenters. The quantitative estimate of drug-likeness (QED) is 0.766. The van der Waals surface area contributed by atoms with E-state index >= 15 is 0 Å². The third-order valence-corrected chi connectivity index (χ3v) is 6.03. The first kappa shape index (κ1) is 13.1. The molecule has 0 N–H and O–H groups in total. The minimum atomic E-state index is -0.317. The van der Waals surface area contributed by atoms with E-state index in [0.29, 0.717) is 13.2 Å². The first-order valence-electron chi connectivity index (χ1n) is 5.43. The van der Waals surface area contributed by atoms with Crippen molar-refractivity contribution < 1.29 is 14.0 Å². The Balaban J connectivity index is 2.37. The van der Waals surface area contributed by atoms with E-state index in [1.165, 1.54) is 0 Å². The topological polar surface area (TPSA) is 35.5 Å². The number of rotatable bonds is 5. The highest BCUT2D eigenvalue weighted by Crippen LogP contribution is 2.57. The Morgan fingerprint density at radius 3 is 2.65 bits per heavy atom. The largest absolute Gasteiger partial charge is 0.490 e. The Bertz CT molecular complexity index is 425. The van der Waals surface area contributed by atoms with Gasteiger partial charge >= 0.3 is 8.46 Å². The van der Waals surface area contributed by atoms with Crippen LogP contribution in [0.25, 0.3) is 0 Å². The van der Waals surface area contributed by atoms with E-state index in [9.17, 15) is 4.57 Å². The molecule has 1 aromatic rings. The third kappa shape index (κ3) is 2.72. The van der Waals surface area contributed by atoms with E-state index in [0.717, 1.165) is 21.3 Å². The van der Waals surface area contributed by atoms with Gasteiger partial charge in [0, 0.05) is 4.90 Å². The Labute approximate surface area is 111 Å².